The van der Waals surface area contributed by atoms with Crippen LogP contribution in [0.3, 0.4) is 0 Å². The van der Waals surface area contributed by atoms with Crippen LogP contribution in [0.4, 0.5) is 5.69 Å². The predicted molar refractivity (Wildman–Crippen MR) is 135 cm³/mol. The Morgan fingerprint density at radius 2 is 2.06 bits per heavy atom. The number of carbonyl (C=O) groups is 1. The first-order valence-electron chi connectivity index (χ1n) is 11.2. The molecule has 168 valence electrons. The summed E-state index contributed by atoms with van der Waals surface area (Å²) in [5.41, 5.74) is 3.21. The Hall–Kier alpha value is -2.38. The Bertz CT molecular complexity index is 1190. The lowest BCUT2D eigenvalue weighted by Crippen LogP contribution is -2.24. The average Bonchev–Trinajstić information content (AvgIpc) is 3.18. The number of amides is 1. The molecule has 0 radical (unpaired) electrons. The number of thioether (sulfide) groups is 1. The molecule has 1 unspecified atom stereocenters. The summed E-state index contributed by atoms with van der Waals surface area (Å²) in [7, 11) is 0. The van der Waals surface area contributed by atoms with Crippen LogP contribution < -0.4 is 10.9 Å². The molecule has 3 aromatic rings. The summed E-state index contributed by atoms with van der Waals surface area (Å²) in [6.45, 7) is 8.54. The first kappa shape index (κ1) is 22.8. The van der Waals surface area contributed by atoms with Gasteiger partial charge in [-0.3, -0.25) is 14.2 Å². The van der Waals surface area contributed by atoms with E-state index in [9.17, 15) is 9.59 Å². The van der Waals surface area contributed by atoms with Crippen molar-refractivity contribution in [1.29, 1.82) is 0 Å². The minimum Gasteiger partial charge on any atom is -0.325 e. The fourth-order valence-electron chi connectivity index (χ4n) is 4.08. The molecule has 1 aliphatic carbocycles. The average molecular weight is 468 g/mol. The molecule has 0 saturated heterocycles. The Kier molecular flexibility index (Phi) is 7.16. The first-order chi connectivity index (χ1) is 15.5. The van der Waals surface area contributed by atoms with E-state index in [1.165, 1.54) is 34.2 Å². The highest BCUT2D eigenvalue weighted by Crippen LogP contribution is 2.34. The van der Waals surface area contributed by atoms with Crippen molar-refractivity contribution in [3.63, 3.8) is 0 Å². The number of anilines is 1. The van der Waals surface area contributed by atoms with Gasteiger partial charge in [-0.25, -0.2) is 4.98 Å². The second kappa shape index (κ2) is 10.0. The standard InChI is InChI=1S/C25H29N3O2S2/c1-4-14-28-24(30)22-19-8-6-7-9-20(19)32-23(22)27-25(28)31-15-21(29)26-18-12-10-17(11-13-18)16(3)5-2/h4,10-13,16H,1,5-9,14-15H2,2-3H3,(H,26,29). The molecule has 32 heavy (non-hydrogen) atoms. The van der Waals surface area contributed by atoms with Crippen molar-refractivity contribution in [1.82, 2.24) is 9.55 Å². The molecule has 2 aromatic heterocycles. The van der Waals surface area contributed by atoms with E-state index in [0.29, 0.717) is 17.6 Å². The van der Waals surface area contributed by atoms with E-state index < -0.39 is 0 Å². The third kappa shape index (κ3) is 4.69. The number of nitrogens with zero attached hydrogens (tertiary/aromatic N) is 2. The van der Waals surface area contributed by atoms with Crippen LogP contribution >= 0.6 is 23.1 Å². The number of nitrogens with one attached hydrogen (secondary N) is 1. The van der Waals surface area contributed by atoms with Gasteiger partial charge in [0.1, 0.15) is 4.83 Å². The van der Waals surface area contributed by atoms with E-state index in [-0.39, 0.29) is 17.2 Å². The normalized spacial score (nSPS) is 14.2. The van der Waals surface area contributed by atoms with Crippen LogP contribution in [0.2, 0.25) is 0 Å². The molecule has 2 heterocycles. The quantitative estimate of drug-likeness (QED) is 0.260. The number of aryl methyl sites for hydroxylation is 2. The maximum atomic E-state index is 13.3. The number of thiophene rings is 1. The molecule has 0 aliphatic heterocycles. The van der Waals surface area contributed by atoms with Crippen LogP contribution in [0.1, 0.15) is 55.0 Å². The molecule has 0 fully saturated rings. The van der Waals surface area contributed by atoms with Gasteiger partial charge in [0, 0.05) is 17.1 Å². The van der Waals surface area contributed by atoms with Gasteiger partial charge in [0.2, 0.25) is 5.91 Å². The van der Waals surface area contributed by atoms with Crippen molar-refractivity contribution < 1.29 is 4.79 Å². The van der Waals surface area contributed by atoms with Crippen molar-refractivity contribution in [2.24, 2.45) is 0 Å². The predicted octanol–water partition coefficient (Wildman–Crippen LogP) is 5.77. The number of carbonyl (C=O) groups excluding carboxylic acids is 1. The second-order valence-electron chi connectivity index (χ2n) is 8.26. The molecule has 0 spiro atoms. The van der Waals surface area contributed by atoms with Gasteiger partial charge in [-0.1, -0.05) is 43.8 Å². The molecular formula is C25H29N3O2S2. The van der Waals surface area contributed by atoms with Crippen molar-refractivity contribution >= 4 is 44.9 Å². The lowest BCUT2D eigenvalue weighted by molar-refractivity contribution is -0.113. The summed E-state index contributed by atoms with van der Waals surface area (Å²) in [4.78, 5) is 32.7. The van der Waals surface area contributed by atoms with E-state index in [2.05, 4.69) is 37.9 Å². The van der Waals surface area contributed by atoms with Gasteiger partial charge in [-0.05, 0) is 61.3 Å². The summed E-state index contributed by atoms with van der Waals surface area (Å²) in [6.07, 6.45) is 7.05. The molecular weight excluding hydrogens is 438 g/mol. The summed E-state index contributed by atoms with van der Waals surface area (Å²) in [6, 6.07) is 8.01. The minimum absolute atomic E-state index is 0.0159. The smallest absolute Gasteiger partial charge is 0.263 e. The highest BCUT2D eigenvalue weighted by molar-refractivity contribution is 7.99. The lowest BCUT2D eigenvalue weighted by atomic mass is 9.97. The fraction of sp³-hybridized carbons (Fsp3) is 0.400. The van der Waals surface area contributed by atoms with E-state index in [1.54, 1.807) is 22.0 Å². The SMILES string of the molecule is C=CCn1c(SCC(=O)Nc2ccc(C(C)CC)cc2)nc2sc3c(c2c1=O)CCCC3. The second-order valence-corrected chi connectivity index (χ2v) is 10.3. The topological polar surface area (TPSA) is 64.0 Å². The van der Waals surface area contributed by atoms with Gasteiger partial charge < -0.3 is 5.32 Å². The molecule has 1 aromatic carbocycles. The monoisotopic (exact) mass is 467 g/mol. The van der Waals surface area contributed by atoms with Gasteiger partial charge in [-0.15, -0.1) is 17.9 Å². The molecule has 1 atom stereocenters. The number of allylic oxidation sites excluding steroid dienone is 1. The molecule has 0 bridgehead atoms. The fourth-order valence-corrected chi connectivity index (χ4v) is 6.19. The van der Waals surface area contributed by atoms with Crippen LogP contribution in [-0.4, -0.2) is 21.2 Å². The highest BCUT2D eigenvalue weighted by Gasteiger charge is 2.22. The zero-order valence-electron chi connectivity index (χ0n) is 18.6. The molecule has 7 heteroatoms. The van der Waals surface area contributed by atoms with Crippen molar-refractivity contribution in [2.75, 3.05) is 11.1 Å². The van der Waals surface area contributed by atoms with E-state index in [1.807, 2.05) is 12.1 Å². The van der Waals surface area contributed by atoms with Gasteiger partial charge >= 0.3 is 0 Å². The molecule has 1 aliphatic rings. The maximum absolute atomic E-state index is 13.3. The van der Waals surface area contributed by atoms with Crippen LogP contribution in [-0.2, 0) is 24.2 Å². The molecule has 5 nitrogen and oxygen atoms in total. The summed E-state index contributed by atoms with van der Waals surface area (Å²) in [5, 5.41) is 4.28. The summed E-state index contributed by atoms with van der Waals surface area (Å²) in [5.74, 6) is 0.574. The minimum atomic E-state index is -0.115. The first-order valence-corrected chi connectivity index (χ1v) is 13.0. The summed E-state index contributed by atoms with van der Waals surface area (Å²) >= 11 is 2.93. The van der Waals surface area contributed by atoms with Gasteiger partial charge in [0.15, 0.2) is 5.16 Å². The van der Waals surface area contributed by atoms with Gasteiger partial charge in [0.25, 0.3) is 5.56 Å². The lowest BCUT2D eigenvalue weighted by Gasteiger charge is -2.13. The third-order valence-corrected chi connectivity index (χ3v) is 8.22. The molecule has 4 rings (SSSR count). The number of benzene rings is 1. The van der Waals surface area contributed by atoms with E-state index in [4.69, 9.17) is 4.98 Å². The summed E-state index contributed by atoms with van der Waals surface area (Å²) < 4.78 is 1.65. The van der Waals surface area contributed by atoms with Crippen molar-refractivity contribution in [2.45, 2.75) is 63.6 Å². The van der Waals surface area contributed by atoms with Gasteiger partial charge in [0.05, 0.1) is 11.1 Å². The van der Waals surface area contributed by atoms with Crippen LogP contribution in [0.15, 0.2) is 46.9 Å². The maximum Gasteiger partial charge on any atom is 0.263 e. The Morgan fingerprint density at radius 3 is 2.78 bits per heavy atom. The zero-order chi connectivity index (χ0) is 22.7. The Labute approximate surface area is 197 Å². The number of fused-ring (bicyclic) bond motifs is 3. The van der Waals surface area contributed by atoms with E-state index in [0.717, 1.165) is 41.6 Å². The number of aromatic nitrogens is 2. The van der Waals surface area contributed by atoms with Crippen LogP contribution in [0, 0.1) is 0 Å². The van der Waals surface area contributed by atoms with Crippen molar-refractivity contribution in [3.05, 3.63) is 63.3 Å². The van der Waals surface area contributed by atoms with Crippen molar-refractivity contribution in [3.8, 4) is 0 Å². The Balaban J connectivity index is 1.52. The van der Waals surface area contributed by atoms with Crippen LogP contribution in [0.5, 0.6) is 0 Å². The number of hydrogen-bond donors (Lipinski definition) is 1. The molecule has 1 N–H and O–H groups in total. The zero-order valence-corrected chi connectivity index (χ0v) is 20.3. The molecule has 0 saturated carbocycles. The third-order valence-electron chi connectivity index (χ3n) is 6.06. The highest BCUT2D eigenvalue weighted by atomic mass is 32.2. The largest absolute Gasteiger partial charge is 0.325 e. The Morgan fingerprint density at radius 1 is 1.31 bits per heavy atom. The van der Waals surface area contributed by atoms with Gasteiger partial charge in [-0.2, -0.15) is 0 Å². The number of hydrogen-bond acceptors (Lipinski definition) is 5. The number of rotatable bonds is 8. The van der Waals surface area contributed by atoms with Crippen LogP contribution in [0.25, 0.3) is 10.2 Å². The van der Waals surface area contributed by atoms with E-state index >= 15 is 0 Å². The molecule has 1 amide bonds.